The molecule has 17 heavy (non-hydrogen) atoms. The highest BCUT2D eigenvalue weighted by atomic mass is 32.1. The summed E-state index contributed by atoms with van der Waals surface area (Å²) in [6.45, 7) is 5.94. The third-order valence-corrected chi connectivity index (χ3v) is 3.53. The molecule has 96 valence electrons. The van der Waals surface area contributed by atoms with E-state index < -0.39 is 0 Å². The van der Waals surface area contributed by atoms with Crippen LogP contribution in [-0.4, -0.2) is 16.9 Å². The molecule has 1 aromatic heterocycles. The summed E-state index contributed by atoms with van der Waals surface area (Å²) >= 11 is 1.64. The van der Waals surface area contributed by atoms with Gasteiger partial charge in [0.15, 0.2) is 0 Å². The van der Waals surface area contributed by atoms with Gasteiger partial charge in [-0.25, -0.2) is 4.98 Å². The van der Waals surface area contributed by atoms with Crippen LogP contribution in [0.2, 0.25) is 0 Å². The zero-order chi connectivity index (χ0) is 12.8. The molecule has 0 radical (unpaired) electrons. The molecule has 0 saturated heterocycles. The molecule has 2 unspecified atom stereocenters. The molecule has 0 spiro atoms. The number of nitrogens with one attached hydrogen (secondary N) is 1. The van der Waals surface area contributed by atoms with E-state index >= 15 is 0 Å². The van der Waals surface area contributed by atoms with E-state index in [4.69, 9.17) is 5.73 Å². The fraction of sp³-hybridized carbons (Fsp3) is 0.667. The van der Waals surface area contributed by atoms with Crippen LogP contribution in [0.5, 0.6) is 0 Å². The molecule has 1 aromatic rings. The summed E-state index contributed by atoms with van der Waals surface area (Å²) in [6.07, 6.45) is 2.14. The minimum atomic E-state index is -0.0212. The van der Waals surface area contributed by atoms with Crippen LogP contribution in [-0.2, 0) is 11.2 Å². The van der Waals surface area contributed by atoms with Crippen molar-refractivity contribution in [2.75, 3.05) is 0 Å². The Labute approximate surface area is 107 Å². The minimum absolute atomic E-state index is 0.0212. The predicted molar refractivity (Wildman–Crippen MR) is 70.9 cm³/mol. The Morgan fingerprint density at radius 1 is 1.59 bits per heavy atom. The summed E-state index contributed by atoms with van der Waals surface area (Å²) in [5.41, 5.74) is 6.56. The Hall–Kier alpha value is -0.940. The number of nitrogens with two attached hydrogens (primary N) is 1. The van der Waals surface area contributed by atoms with Crippen LogP contribution in [0.25, 0.3) is 0 Å². The van der Waals surface area contributed by atoms with Crippen molar-refractivity contribution in [3.8, 4) is 0 Å². The number of carbonyl (C=O) groups is 1. The molecular weight excluding hydrogens is 234 g/mol. The quantitative estimate of drug-likeness (QED) is 0.817. The highest BCUT2D eigenvalue weighted by Crippen LogP contribution is 2.17. The molecule has 1 rings (SSSR count). The maximum absolute atomic E-state index is 11.6. The van der Waals surface area contributed by atoms with Crippen molar-refractivity contribution >= 4 is 17.2 Å². The first-order valence-corrected chi connectivity index (χ1v) is 6.90. The van der Waals surface area contributed by atoms with E-state index in [9.17, 15) is 4.79 Å². The lowest BCUT2D eigenvalue weighted by atomic mass is 10.2. The molecule has 0 fully saturated rings. The molecule has 0 aromatic carbocycles. The number of thiazole rings is 1. The second kappa shape index (κ2) is 6.71. The van der Waals surface area contributed by atoms with Gasteiger partial charge in [0.05, 0.1) is 16.7 Å². The lowest BCUT2D eigenvalue weighted by Gasteiger charge is -2.12. The Morgan fingerprint density at radius 3 is 2.82 bits per heavy atom. The fourth-order valence-electron chi connectivity index (χ4n) is 1.43. The van der Waals surface area contributed by atoms with Gasteiger partial charge >= 0.3 is 0 Å². The maximum atomic E-state index is 11.6. The molecule has 0 bridgehead atoms. The smallest absolute Gasteiger partial charge is 0.220 e. The second-order valence-corrected chi connectivity index (χ2v) is 5.27. The van der Waals surface area contributed by atoms with Gasteiger partial charge in [-0.15, -0.1) is 11.3 Å². The Kier molecular flexibility index (Phi) is 5.58. The van der Waals surface area contributed by atoms with E-state index in [0.29, 0.717) is 6.42 Å². The average molecular weight is 255 g/mol. The first kappa shape index (κ1) is 14.1. The van der Waals surface area contributed by atoms with Crippen molar-refractivity contribution in [2.24, 2.45) is 5.73 Å². The molecule has 1 heterocycles. The average Bonchev–Trinajstić information content (AvgIpc) is 2.74. The summed E-state index contributed by atoms with van der Waals surface area (Å²) < 4.78 is 0. The van der Waals surface area contributed by atoms with E-state index in [1.54, 1.807) is 11.3 Å². The van der Waals surface area contributed by atoms with Crippen molar-refractivity contribution in [3.63, 3.8) is 0 Å². The number of carbonyl (C=O) groups excluding carboxylic acids is 1. The van der Waals surface area contributed by atoms with Gasteiger partial charge in [-0.2, -0.15) is 0 Å². The van der Waals surface area contributed by atoms with Gasteiger partial charge in [-0.05, 0) is 26.7 Å². The van der Waals surface area contributed by atoms with Crippen LogP contribution in [0.3, 0.4) is 0 Å². The molecule has 2 atom stereocenters. The lowest BCUT2D eigenvalue weighted by Crippen LogP contribution is -2.28. The van der Waals surface area contributed by atoms with Crippen LogP contribution in [0.4, 0.5) is 0 Å². The lowest BCUT2D eigenvalue weighted by molar-refractivity contribution is -0.121. The number of rotatable bonds is 6. The third-order valence-electron chi connectivity index (χ3n) is 2.52. The summed E-state index contributed by atoms with van der Waals surface area (Å²) in [6, 6.07) is 0.0501. The second-order valence-electron chi connectivity index (χ2n) is 4.32. The number of hydrogen-bond donors (Lipinski definition) is 2. The van der Waals surface area contributed by atoms with Gasteiger partial charge in [0.2, 0.25) is 5.91 Å². The molecule has 0 aliphatic carbocycles. The van der Waals surface area contributed by atoms with E-state index in [-0.39, 0.29) is 18.0 Å². The van der Waals surface area contributed by atoms with Crippen molar-refractivity contribution in [1.29, 1.82) is 0 Å². The first-order chi connectivity index (χ1) is 8.02. The number of aryl methyl sites for hydroxylation is 1. The van der Waals surface area contributed by atoms with Gasteiger partial charge in [-0.3, -0.25) is 4.79 Å². The van der Waals surface area contributed by atoms with Crippen molar-refractivity contribution in [1.82, 2.24) is 10.3 Å². The Bertz CT molecular complexity index is 362. The van der Waals surface area contributed by atoms with Gasteiger partial charge in [-0.1, -0.05) is 6.92 Å². The van der Waals surface area contributed by atoms with E-state index in [0.717, 1.165) is 23.5 Å². The van der Waals surface area contributed by atoms with Crippen LogP contribution < -0.4 is 11.1 Å². The van der Waals surface area contributed by atoms with Crippen LogP contribution in [0.1, 0.15) is 50.4 Å². The van der Waals surface area contributed by atoms with Gasteiger partial charge in [0, 0.05) is 17.8 Å². The molecular formula is C12H21N3OS. The van der Waals surface area contributed by atoms with Crippen molar-refractivity contribution < 1.29 is 4.79 Å². The predicted octanol–water partition coefficient (Wildman–Crippen LogP) is 2.01. The molecule has 0 aliphatic rings. The van der Waals surface area contributed by atoms with E-state index in [1.807, 2.05) is 19.2 Å². The molecule has 1 amide bonds. The monoisotopic (exact) mass is 255 g/mol. The maximum Gasteiger partial charge on any atom is 0.220 e. The van der Waals surface area contributed by atoms with Crippen LogP contribution in [0, 0.1) is 0 Å². The minimum Gasteiger partial charge on any atom is -0.348 e. The zero-order valence-corrected chi connectivity index (χ0v) is 11.5. The summed E-state index contributed by atoms with van der Waals surface area (Å²) in [7, 11) is 0. The van der Waals surface area contributed by atoms with Crippen molar-refractivity contribution in [3.05, 3.63) is 16.1 Å². The highest BCUT2D eigenvalue weighted by molar-refractivity contribution is 7.09. The topological polar surface area (TPSA) is 68.0 Å². The summed E-state index contributed by atoms with van der Waals surface area (Å²) in [4.78, 5) is 16.1. The fourth-order valence-corrected chi connectivity index (χ4v) is 2.27. The van der Waals surface area contributed by atoms with Crippen LogP contribution >= 0.6 is 11.3 Å². The number of amides is 1. The van der Waals surface area contributed by atoms with Crippen LogP contribution in [0.15, 0.2) is 5.38 Å². The van der Waals surface area contributed by atoms with Gasteiger partial charge in [0.25, 0.3) is 0 Å². The highest BCUT2D eigenvalue weighted by Gasteiger charge is 2.12. The Morgan fingerprint density at radius 2 is 2.29 bits per heavy atom. The molecule has 0 aliphatic heterocycles. The molecule has 0 saturated carbocycles. The number of nitrogens with zero attached hydrogens (tertiary/aromatic N) is 1. The SMILES string of the molecule is CCc1nc(C(C)NC(=O)CCC(C)N)cs1. The van der Waals surface area contributed by atoms with Gasteiger partial charge in [0.1, 0.15) is 0 Å². The summed E-state index contributed by atoms with van der Waals surface area (Å²) in [5.74, 6) is 0.0425. The number of aromatic nitrogens is 1. The molecule has 3 N–H and O–H groups in total. The molecule has 5 heteroatoms. The number of hydrogen-bond acceptors (Lipinski definition) is 4. The summed E-state index contributed by atoms with van der Waals surface area (Å²) in [5, 5.41) is 6.06. The first-order valence-electron chi connectivity index (χ1n) is 6.02. The molecule has 4 nitrogen and oxygen atoms in total. The van der Waals surface area contributed by atoms with Gasteiger partial charge < -0.3 is 11.1 Å². The standard InChI is InChI=1S/C12H21N3OS/c1-4-12-15-10(7-17-12)9(3)14-11(16)6-5-8(2)13/h7-9H,4-6,13H2,1-3H3,(H,14,16). The largest absolute Gasteiger partial charge is 0.348 e. The van der Waals surface area contributed by atoms with Crippen molar-refractivity contribution in [2.45, 2.75) is 52.1 Å². The normalized spacial score (nSPS) is 14.4. The zero-order valence-electron chi connectivity index (χ0n) is 10.7. The van der Waals surface area contributed by atoms with E-state index in [1.165, 1.54) is 0 Å². The van der Waals surface area contributed by atoms with E-state index in [2.05, 4.69) is 17.2 Å². The Balaban J connectivity index is 2.42. The third kappa shape index (κ3) is 4.83.